The van der Waals surface area contributed by atoms with Gasteiger partial charge >= 0.3 is 0 Å². The monoisotopic (exact) mass is 503 g/mol. The summed E-state index contributed by atoms with van der Waals surface area (Å²) in [5, 5.41) is 5.67. The van der Waals surface area contributed by atoms with Crippen LogP contribution in [0, 0.1) is 12.8 Å². The maximum absolute atomic E-state index is 13.2. The standard InChI is InChI=1S/C28H29N3O6/c1-17-10-11-23(35-2)22(12-17)31-16-19(13-26(31)32)28(34)30-21-15-24(36-3)20(14-25(21)37-4)29-27(33)18-8-6-5-7-9-18/h5-12,14-15,19H,13,16H2,1-4H3,(H,29,33)(H,30,34). The van der Waals surface area contributed by atoms with Gasteiger partial charge in [-0.05, 0) is 36.8 Å². The van der Waals surface area contributed by atoms with Crippen molar-refractivity contribution < 1.29 is 28.6 Å². The molecule has 0 aromatic heterocycles. The Morgan fingerprint density at radius 1 is 0.838 bits per heavy atom. The lowest BCUT2D eigenvalue weighted by Gasteiger charge is -2.20. The molecule has 3 amide bonds. The summed E-state index contributed by atoms with van der Waals surface area (Å²) >= 11 is 0. The van der Waals surface area contributed by atoms with Crippen LogP contribution < -0.4 is 29.7 Å². The lowest BCUT2D eigenvalue weighted by Crippen LogP contribution is -2.28. The molecule has 0 saturated carbocycles. The zero-order valence-electron chi connectivity index (χ0n) is 21.2. The molecule has 0 spiro atoms. The Bertz CT molecular complexity index is 1320. The number of ether oxygens (including phenoxy) is 3. The van der Waals surface area contributed by atoms with Crippen LogP contribution in [0.3, 0.4) is 0 Å². The van der Waals surface area contributed by atoms with E-state index in [2.05, 4.69) is 10.6 Å². The predicted octanol–water partition coefficient (Wildman–Crippen LogP) is 4.26. The number of nitrogens with one attached hydrogen (secondary N) is 2. The Labute approximate surface area is 215 Å². The summed E-state index contributed by atoms with van der Waals surface area (Å²) in [6.45, 7) is 2.15. The minimum Gasteiger partial charge on any atom is -0.495 e. The number of carbonyl (C=O) groups is 3. The van der Waals surface area contributed by atoms with E-state index in [4.69, 9.17) is 14.2 Å². The second kappa shape index (κ2) is 11.0. The molecule has 0 aliphatic carbocycles. The van der Waals surface area contributed by atoms with Gasteiger partial charge in [-0.15, -0.1) is 0 Å². The number of nitrogens with zero attached hydrogens (tertiary/aromatic N) is 1. The highest BCUT2D eigenvalue weighted by atomic mass is 16.5. The van der Waals surface area contributed by atoms with E-state index >= 15 is 0 Å². The van der Waals surface area contributed by atoms with E-state index in [9.17, 15) is 14.4 Å². The van der Waals surface area contributed by atoms with Crippen LogP contribution >= 0.6 is 0 Å². The van der Waals surface area contributed by atoms with Crippen LogP contribution in [-0.4, -0.2) is 45.6 Å². The smallest absolute Gasteiger partial charge is 0.255 e. The zero-order chi connectivity index (χ0) is 26.5. The maximum Gasteiger partial charge on any atom is 0.255 e. The molecule has 3 aromatic rings. The Morgan fingerprint density at radius 3 is 2.08 bits per heavy atom. The fourth-order valence-corrected chi connectivity index (χ4v) is 4.24. The van der Waals surface area contributed by atoms with Crippen LogP contribution in [0.1, 0.15) is 22.3 Å². The van der Waals surface area contributed by atoms with E-state index in [-0.39, 0.29) is 30.7 Å². The van der Waals surface area contributed by atoms with Crippen LogP contribution in [0.4, 0.5) is 17.1 Å². The number of amides is 3. The van der Waals surface area contributed by atoms with Gasteiger partial charge in [-0.25, -0.2) is 0 Å². The zero-order valence-corrected chi connectivity index (χ0v) is 21.2. The van der Waals surface area contributed by atoms with Crippen LogP contribution in [0.25, 0.3) is 0 Å². The summed E-state index contributed by atoms with van der Waals surface area (Å²) in [7, 11) is 4.48. The van der Waals surface area contributed by atoms with E-state index < -0.39 is 5.92 Å². The second-order valence-electron chi connectivity index (χ2n) is 8.64. The molecule has 1 aliphatic heterocycles. The molecule has 2 N–H and O–H groups in total. The first kappa shape index (κ1) is 25.6. The molecule has 1 fully saturated rings. The van der Waals surface area contributed by atoms with Gasteiger partial charge in [0, 0.05) is 30.7 Å². The van der Waals surface area contributed by atoms with Crippen molar-refractivity contribution in [2.45, 2.75) is 13.3 Å². The third kappa shape index (κ3) is 5.50. The highest BCUT2D eigenvalue weighted by molar-refractivity contribution is 6.07. The quantitative estimate of drug-likeness (QED) is 0.476. The number of anilines is 3. The second-order valence-corrected chi connectivity index (χ2v) is 8.64. The van der Waals surface area contributed by atoms with Crippen molar-refractivity contribution in [2.24, 2.45) is 5.92 Å². The van der Waals surface area contributed by atoms with Gasteiger partial charge in [-0.3, -0.25) is 14.4 Å². The Balaban J connectivity index is 1.52. The summed E-state index contributed by atoms with van der Waals surface area (Å²) in [4.78, 5) is 40.2. The molecule has 1 atom stereocenters. The molecule has 1 heterocycles. The summed E-state index contributed by atoms with van der Waals surface area (Å²) < 4.78 is 16.4. The SMILES string of the molecule is COc1cc(NC(=O)C2CC(=O)N(c3cc(C)ccc3OC)C2)c(OC)cc1NC(=O)c1ccccc1. The number of methoxy groups -OCH3 is 3. The van der Waals surface area contributed by atoms with Crippen molar-refractivity contribution in [2.75, 3.05) is 43.4 Å². The highest BCUT2D eigenvalue weighted by Crippen LogP contribution is 2.38. The first-order chi connectivity index (χ1) is 17.8. The van der Waals surface area contributed by atoms with Crippen molar-refractivity contribution in [1.82, 2.24) is 0 Å². The molecule has 9 nitrogen and oxygen atoms in total. The number of hydrogen-bond acceptors (Lipinski definition) is 6. The van der Waals surface area contributed by atoms with Gasteiger partial charge in [0.25, 0.3) is 5.91 Å². The third-order valence-corrected chi connectivity index (χ3v) is 6.18. The molecule has 1 aliphatic rings. The molecule has 37 heavy (non-hydrogen) atoms. The number of carbonyl (C=O) groups excluding carboxylic acids is 3. The van der Waals surface area contributed by atoms with Crippen molar-refractivity contribution in [3.63, 3.8) is 0 Å². The van der Waals surface area contributed by atoms with Crippen molar-refractivity contribution in [3.8, 4) is 17.2 Å². The molecule has 1 unspecified atom stereocenters. The Kier molecular flexibility index (Phi) is 7.62. The van der Waals surface area contributed by atoms with Crippen molar-refractivity contribution in [1.29, 1.82) is 0 Å². The van der Waals surface area contributed by atoms with Crippen LogP contribution in [-0.2, 0) is 9.59 Å². The van der Waals surface area contributed by atoms with Crippen molar-refractivity contribution in [3.05, 3.63) is 71.8 Å². The van der Waals surface area contributed by atoms with E-state index in [0.29, 0.717) is 39.9 Å². The molecule has 0 radical (unpaired) electrons. The highest BCUT2D eigenvalue weighted by Gasteiger charge is 2.36. The molecule has 9 heteroatoms. The molecule has 0 bridgehead atoms. The first-order valence-electron chi connectivity index (χ1n) is 11.7. The average molecular weight is 504 g/mol. The Morgan fingerprint density at radius 2 is 1.46 bits per heavy atom. The van der Waals surface area contributed by atoms with E-state index in [1.807, 2.05) is 25.1 Å². The molecular formula is C28H29N3O6. The number of benzene rings is 3. The van der Waals surface area contributed by atoms with Gasteiger partial charge in [0.2, 0.25) is 11.8 Å². The average Bonchev–Trinajstić information content (AvgIpc) is 3.31. The first-order valence-corrected chi connectivity index (χ1v) is 11.7. The number of rotatable bonds is 8. The summed E-state index contributed by atoms with van der Waals surface area (Å²) in [5.41, 5.74) is 2.86. The fourth-order valence-electron chi connectivity index (χ4n) is 4.24. The summed E-state index contributed by atoms with van der Waals surface area (Å²) in [6, 6.07) is 17.5. The van der Waals surface area contributed by atoms with E-state index in [1.54, 1.807) is 54.5 Å². The van der Waals surface area contributed by atoms with Gasteiger partial charge in [0.15, 0.2) is 0 Å². The lowest BCUT2D eigenvalue weighted by molar-refractivity contribution is -0.122. The maximum atomic E-state index is 13.2. The minimum absolute atomic E-state index is 0.0631. The van der Waals surface area contributed by atoms with Crippen LogP contribution in [0.5, 0.6) is 17.2 Å². The lowest BCUT2D eigenvalue weighted by atomic mass is 10.1. The fraction of sp³-hybridized carbons (Fsp3) is 0.250. The topological polar surface area (TPSA) is 106 Å². The van der Waals surface area contributed by atoms with Crippen molar-refractivity contribution >= 4 is 34.8 Å². The summed E-state index contributed by atoms with van der Waals surface area (Å²) in [6.07, 6.45) is 0.0631. The number of hydrogen-bond donors (Lipinski definition) is 2. The van der Waals surface area contributed by atoms with Crippen LogP contribution in [0.2, 0.25) is 0 Å². The third-order valence-electron chi connectivity index (χ3n) is 6.18. The van der Waals surface area contributed by atoms with Crippen LogP contribution in [0.15, 0.2) is 60.7 Å². The molecule has 3 aromatic carbocycles. The summed E-state index contributed by atoms with van der Waals surface area (Å²) in [5.74, 6) is -0.135. The largest absolute Gasteiger partial charge is 0.495 e. The van der Waals surface area contributed by atoms with Gasteiger partial charge in [-0.1, -0.05) is 24.3 Å². The normalized spacial score (nSPS) is 14.8. The van der Waals surface area contributed by atoms with Gasteiger partial charge in [0.1, 0.15) is 17.2 Å². The van der Waals surface area contributed by atoms with Gasteiger partial charge in [0.05, 0.1) is 44.3 Å². The van der Waals surface area contributed by atoms with Gasteiger partial charge < -0.3 is 29.7 Å². The molecular weight excluding hydrogens is 474 g/mol. The minimum atomic E-state index is -0.578. The van der Waals surface area contributed by atoms with E-state index in [1.165, 1.54) is 14.2 Å². The van der Waals surface area contributed by atoms with Gasteiger partial charge in [-0.2, -0.15) is 0 Å². The molecule has 1 saturated heterocycles. The Hall–Kier alpha value is -4.53. The molecule has 4 rings (SSSR count). The number of aryl methyl sites for hydroxylation is 1. The molecule has 192 valence electrons. The van der Waals surface area contributed by atoms with E-state index in [0.717, 1.165) is 5.56 Å². The predicted molar refractivity (Wildman–Crippen MR) is 141 cm³/mol.